The van der Waals surface area contributed by atoms with Crippen molar-refractivity contribution in [3.8, 4) is 0 Å². The van der Waals surface area contributed by atoms with Gasteiger partial charge in [-0.25, -0.2) is 19.3 Å². The Morgan fingerprint density at radius 2 is 2.03 bits per heavy atom. The standard InChI is InChI=1S/C21H28FN7O2/c1-12(2)29-16-9-19(24-10-15(16)25-20(29)13(3)30)26-18-5-7-23-21(27-18)28-8-6-17(31-4)14(22)11-28/h5,7,9-10,12-14,17,30H,6,8,11H2,1-4H3,(H,23,24,26,27). The summed E-state index contributed by atoms with van der Waals surface area (Å²) in [5.41, 5.74) is 1.59. The van der Waals surface area contributed by atoms with Gasteiger partial charge in [0.1, 0.15) is 35.3 Å². The number of aliphatic hydroxyl groups excluding tert-OH is 1. The summed E-state index contributed by atoms with van der Waals surface area (Å²) in [6, 6.07) is 3.75. The minimum Gasteiger partial charge on any atom is -0.385 e. The van der Waals surface area contributed by atoms with E-state index in [1.807, 2.05) is 29.4 Å². The van der Waals surface area contributed by atoms with Crippen LogP contribution in [0.15, 0.2) is 24.5 Å². The number of pyridine rings is 1. The van der Waals surface area contributed by atoms with Crippen molar-refractivity contribution < 1.29 is 14.2 Å². The predicted octanol–water partition coefficient (Wildman–Crippen LogP) is 3.16. The molecule has 3 atom stereocenters. The first kappa shape index (κ1) is 21.4. The Hall–Kier alpha value is -2.85. The Kier molecular flexibility index (Phi) is 6.01. The fourth-order valence-electron chi connectivity index (χ4n) is 3.96. The van der Waals surface area contributed by atoms with Crippen LogP contribution in [0, 0.1) is 0 Å². The molecule has 0 amide bonds. The Bertz CT molecular complexity index is 1060. The number of rotatable bonds is 6. The van der Waals surface area contributed by atoms with Crippen molar-refractivity contribution in [2.24, 2.45) is 0 Å². The van der Waals surface area contributed by atoms with Crippen LogP contribution in [0.2, 0.25) is 0 Å². The van der Waals surface area contributed by atoms with E-state index in [0.717, 1.165) is 5.52 Å². The van der Waals surface area contributed by atoms with Gasteiger partial charge in [-0.1, -0.05) is 0 Å². The molecule has 4 heterocycles. The third kappa shape index (κ3) is 4.31. The van der Waals surface area contributed by atoms with Crippen molar-refractivity contribution >= 4 is 28.6 Å². The molecule has 0 aliphatic carbocycles. The lowest BCUT2D eigenvalue weighted by atomic mass is 10.1. The van der Waals surface area contributed by atoms with E-state index in [1.165, 1.54) is 7.11 Å². The maximum absolute atomic E-state index is 14.3. The molecule has 3 aromatic rings. The zero-order valence-corrected chi connectivity index (χ0v) is 18.2. The Morgan fingerprint density at radius 1 is 1.23 bits per heavy atom. The Morgan fingerprint density at radius 3 is 2.71 bits per heavy atom. The molecule has 10 heteroatoms. The highest BCUT2D eigenvalue weighted by Gasteiger charge is 2.30. The van der Waals surface area contributed by atoms with Gasteiger partial charge in [-0.15, -0.1) is 0 Å². The van der Waals surface area contributed by atoms with Gasteiger partial charge in [-0.3, -0.25) is 0 Å². The van der Waals surface area contributed by atoms with Crippen molar-refractivity contribution in [3.63, 3.8) is 0 Å². The highest BCUT2D eigenvalue weighted by atomic mass is 19.1. The summed E-state index contributed by atoms with van der Waals surface area (Å²) in [7, 11) is 1.53. The third-order valence-corrected chi connectivity index (χ3v) is 5.46. The molecular weight excluding hydrogens is 401 g/mol. The molecule has 1 aliphatic heterocycles. The molecule has 9 nitrogen and oxygen atoms in total. The minimum absolute atomic E-state index is 0.124. The quantitative estimate of drug-likeness (QED) is 0.616. The van der Waals surface area contributed by atoms with Crippen LogP contribution < -0.4 is 10.2 Å². The number of piperidine rings is 1. The van der Waals surface area contributed by atoms with E-state index < -0.39 is 12.3 Å². The summed E-state index contributed by atoms with van der Waals surface area (Å²) in [5, 5.41) is 13.3. The first-order valence-corrected chi connectivity index (χ1v) is 10.4. The third-order valence-electron chi connectivity index (χ3n) is 5.46. The number of aromatic nitrogens is 5. The van der Waals surface area contributed by atoms with Crippen molar-refractivity contribution in [2.45, 2.75) is 51.6 Å². The average Bonchev–Trinajstić information content (AvgIpc) is 3.13. The number of fused-ring (bicyclic) bond motifs is 1. The fraction of sp³-hybridized carbons (Fsp3) is 0.524. The lowest BCUT2D eigenvalue weighted by molar-refractivity contribution is 0.0194. The Balaban J connectivity index is 1.58. The molecule has 31 heavy (non-hydrogen) atoms. The van der Waals surface area contributed by atoms with Gasteiger partial charge in [0.2, 0.25) is 5.95 Å². The second-order valence-electron chi connectivity index (χ2n) is 8.06. The van der Waals surface area contributed by atoms with E-state index in [2.05, 4.69) is 25.3 Å². The van der Waals surface area contributed by atoms with Crippen LogP contribution in [0.1, 0.15) is 45.2 Å². The SMILES string of the molecule is COC1CCN(c2nccc(Nc3cc4c(cn3)nc(C(C)O)n4C(C)C)n2)CC1F. The number of halogens is 1. The molecule has 0 saturated carbocycles. The summed E-state index contributed by atoms with van der Waals surface area (Å²) in [6.07, 6.45) is 1.75. The first-order valence-electron chi connectivity index (χ1n) is 10.4. The summed E-state index contributed by atoms with van der Waals surface area (Å²) in [5.74, 6) is 2.23. The second-order valence-corrected chi connectivity index (χ2v) is 8.06. The van der Waals surface area contributed by atoms with Gasteiger partial charge >= 0.3 is 0 Å². The monoisotopic (exact) mass is 429 g/mol. The molecule has 0 spiro atoms. The maximum atomic E-state index is 14.3. The zero-order valence-electron chi connectivity index (χ0n) is 18.2. The number of hydrogen-bond donors (Lipinski definition) is 2. The summed E-state index contributed by atoms with van der Waals surface area (Å²) < 4.78 is 21.4. The molecule has 0 aromatic carbocycles. The highest BCUT2D eigenvalue weighted by molar-refractivity contribution is 5.79. The molecule has 0 bridgehead atoms. The second kappa shape index (κ2) is 8.72. The molecule has 3 unspecified atom stereocenters. The maximum Gasteiger partial charge on any atom is 0.227 e. The van der Waals surface area contributed by atoms with Gasteiger partial charge in [0.25, 0.3) is 0 Å². The highest BCUT2D eigenvalue weighted by Crippen LogP contribution is 2.27. The van der Waals surface area contributed by atoms with Crippen LogP contribution in [0.3, 0.4) is 0 Å². The topological polar surface area (TPSA) is 101 Å². The predicted molar refractivity (Wildman–Crippen MR) is 116 cm³/mol. The van der Waals surface area contributed by atoms with Crippen LogP contribution >= 0.6 is 0 Å². The first-order chi connectivity index (χ1) is 14.9. The van der Waals surface area contributed by atoms with E-state index in [4.69, 9.17) is 4.74 Å². The van der Waals surface area contributed by atoms with E-state index >= 15 is 0 Å². The van der Waals surface area contributed by atoms with Crippen molar-refractivity contribution in [2.75, 3.05) is 30.4 Å². The molecular formula is C21H28FN7O2. The van der Waals surface area contributed by atoms with Gasteiger partial charge in [0.15, 0.2) is 0 Å². The normalized spacial score (nSPS) is 20.4. The molecule has 2 N–H and O–H groups in total. The Labute approximate surface area is 180 Å². The van der Waals surface area contributed by atoms with Crippen LogP contribution in [-0.4, -0.2) is 62.1 Å². The number of ether oxygens (including phenoxy) is 1. The fourth-order valence-corrected chi connectivity index (χ4v) is 3.96. The number of hydrogen-bond acceptors (Lipinski definition) is 8. The van der Waals surface area contributed by atoms with E-state index in [1.54, 1.807) is 25.4 Å². The number of aliphatic hydroxyl groups is 1. The largest absolute Gasteiger partial charge is 0.385 e. The molecule has 4 rings (SSSR count). The van der Waals surface area contributed by atoms with Crippen LogP contribution in [0.5, 0.6) is 0 Å². The summed E-state index contributed by atoms with van der Waals surface area (Å²) in [6.45, 7) is 6.61. The van der Waals surface area contributed by atoms with Crippen LogP contribution in [0.25, 0.3) is 11.0 Å². The van der Waals surface area contributed by atoms with Crippen molar-refractivity contribution in [1.29, 1.82) is 0 Å². The zero-order chi connectivity index (χ0) is 22.1. The number of alkyl halides is 1. The van der Waals surface area contributed by atoms with Gasteiger partial charge in [-0.05, 0) is 33.3 Å². The number of nitrogens with zero attached hydrogens (tertiary/aromatic N) is 6. The number of methoxy groups -OCH3 is 1. The van der Waals surface area contributed by atoms with Crippen molar-refractivity contribution in [3.05, 3.63) is 30.4 Å². The summed E-state index contributed by atoms with van der Waals surface area (Å²) >= 11 is 0. The van der Waals surface area contributed by atoms with E-state index in [0.29, 0.717) is 41.9 Å². The molecule has 1 aliphatic rings. The van der Waals surface area contributed by atoms with Gasteiger partial charge in [-0.2, -0.15) is 4.98 Å². The molecule has 0 radical (unpaired) electrons. The average molecular weight is 430 g/mol. The number of imidazole rings is 1. The molecule has 1 fully saturated rings. The molecule has 1 saturated heterocycles. The van der Waals surface area contributed by atoms with Gasteiger partial charge < -0.3 is 24.6 Å². The van der Waals surface area contributed by atoms with Gasteiger partial charge in [0, 0.05) is 32.0 Å². The lowest BCUT2D eigenvalue weighted by Gasteiger charge is -2.33. The van der Waals surface area contributed by atoms with Crippen LogP contribution in [-0.2, 0) is 4.74 Å². The summed E-state index contributed by atoms with van der Waals surface area (Å²) in [4.78, 5) is 19.6. The minimum atomic E-state index is -1.08. The smallest absolute Gasteiger partial charge is 0.227 e. The van der Waals surface area contributed by atoms with E-state index in [9.17, 15) is 9.50 Å². The lowest BCUT2D eigenvalue weighted by Crippen LogP contribution is -2.46. The number of nitrogens with one attached hydrogen (secondary N) is 1. The van der Waals surface area contributed by atoms with Crippen LogP contribution in [0.4, 0.5) is 22.0 Å². The van der Waals surface area contributed by atoms with Crippen molar-refractivity contribution in [1.82, 2.24) is 24.5 Å². The molecule has 3 aromatic heterocycles. The van der Waals surface area contributed by atoms with E-state index in [-0.39, 0.29) is 18.7 Å². The van der Waals surface area contributed by atoms with Gasteiger partial charge in [0.05, 0.1) is 24.4 Å². The molecule has 166 valence electrons. The number of anilines is 3.